The third kappa shape index (κ3) is 2.90. The zero-order valence-corrected chi connectivity index (χ0v) is 19.4. The Balaban J connectivity index is 1.60. The van der Waals surface area contributed by atoms with Crippen LogP contribution in [0.3, 0.4) is 0 Å². The number of ketones is 2. The molecule has 1 atom stereocenters. The van der Waals surface area contributed by atoms with E-state index < -0.39 is 28.5 Å². The van der Waals surface area contributed by atoms with Gasteiger partial charge in [0.15, 0.2) is 0 Å². The Labute approximate surface area is 208 Å². The van der Waals surface area contributed by atoms with E-state index in [0.29, 0.717) is 11.3 Å². The normalized spacial score (nSPS) is 19.9. The third-order valence-electron chi connectivity index (χ3n) is 7.45. The second kappa shape index (κ2) is 8.11. The molecule has 0 unspecified atom stereocenters. The van der Waals surface area contributed by atoms with Crippen molar-refractivity contribution in [2.24, 2.45) is 0 Å². The molecule has 1 aliphatic carbocycles. The average molecular weight is 474 g/mol. The molecule has 0 bridgehead atoms. The smallest absolute Gasteiger partial charge is 0.242 e. The summed E-state index contributed by atoms with van der Waals surface area (Å²) in [5.74, 6) is -1.93. The molecule has 1 heterocycles. The lowest BCUT2D eigenvalue weighted by Crippen LogP contribution is -2.64. The molecule has 1 amide bonds. The van der Waals surface area contributed by atoms with Crippen molar-refractivity contribution in [3.8, 4) is 0 Å². The minimum absolute atomic E-state index is 0.00303. The summed E-state index contributed by atoms with van der Waals surface area (Å²) in [5.41, 5.74) is -1.41. The fourth-order valence-corrected chi connectivity index (χ4v) is 5.76. The van der Waals surface area contributed by atoms with Crippen LogP contribution in [-0.4, -0.2) is 28.2 Å². The summed E-state index contributed by atoms with van der Waals surface area (Å²) in [6.45, 7) is 0.249. The number of carbonyl (C=O) groups excluding carboxylic acids is 3. The first-order valence-electron chi connectivity index (χ1n) is 11.9. The molecule has 4 aromatic carbocycles. The number of fused-ring (bicyclic) bond motifs is 2. The number of anilines is 1. The molecule has 0 saturated carbocycles. The topological polar surface area (TPSA) is 74.7 Å². The van der Waals surface area contributed by atoms with E-state index in [9.17, 15) is 19.5 Å². The van der Waals surface area contributed by atoms with Crippen LogP contribution in [0.15, 0.2) is 109 Å². The van der Waals surface area contributed by atoms with Gasteiger partial charge in [-0.05, 0) is 29.2 Å². The lowest BCUT2D eigenvalue weighted by Gasteiger charge is -2.39. The van der Waals surface area contributed by atoms with E-state index in [1.165, 1.54) is 12.1 Å². The lowest BCUT2D eigenvalue weighted by molar-refractivity contribution is -0.129. The van der Waals surface area contributed by atoms with Crippen molar-refractivity contribution in [3.63, 3.8) is 0 Å². The number of amides is 1. The lowest BCUT2D eigenvalue weighted by atomic mass is 9.62. The van der Waals surface area contributed by atoms with Crippen molar-refractivity contribution in [2.75, 3.05) is 4.90 Å². The van der Waals surface area contributed by atoms with Crippen molar-refractivity contribution < 1.29 is 19.5 Å². The van der Waals surface area contributed by atoms with Gasteiger partial charge in [-0.2, -0.15) is 0 Å². The Morgan fingerprint density at radius 1 is 0.611 bits per heavy atom. The van der Waals surface area contributed by atoms with Crippen molar-refractivity contribution >= 4 is 23.2 Å². The fraction of sp³-hybridized carbons (Fsp3) is 0.129. The van der Waals surface area contributed by atoms with Crippen LogP contribution in [0.25, 0.3) is 0 Å². The highest BCUT2D eigenvalue weighted by molar-refractivity contribution is 6.36. The highest BCUT2D eigenvalue weighted by Crippen LogP contribution is 2.54. The quantitative estimate of drug-likeness (QED) is 0.433. The molecule has 0 fully saturated rings. The van der Waals surface area contributed by atoms with E-state index in [1.807, 2.05) is 72.8 Å². The largest absolute Gasteiger partial charge is 0.373 e. The monoisotopic (exact) mass is 473 g/mol. The van der Waals surface area contributed by atoms with Crippen LogP contribution in [0.2, 0.25) is 0 Å². The minimum atomic E-state index is -2.58. The summed E-state index contributed by atoms with van der Waals surface area (Å²) in [6, 6.07) is 32.3. The second-order valence-corrected chi connectivity index (χ2v) is 9.38. The zero-order chi connectivity index (χ0) is 24.9. The van der Waals surface area contributed by atoms with Gasteiger partial charge in [-0.25, -0.2) is 0 Å². The molecule has 5 heteroatoms. The zero-order valence-electron chi connectivity index (χ0n) is 19.4. The van der Waals surface area contributed by atoms with Gasteiger partial charge in [-0.15, -0.1) is 0 Å². The Morgan fingerprint density at radius 2 is 1.11 bits per heavy atom. The second-order valence-electron chi connectivity index (χ2n) is 9.38. The van der Waals surface area contributed by atoms with Crippen molar-refractivity contribution in [1.82, 2.24) is 0 Å². The Kier molecular flexibility index (Phi) is 4.99. The molecule has 1 N–H and O–H groups in total. The molecule has 4 aromatic rings. The van der Waals surface area contributed by atoms with Crippen LogP contribution in [-0.2, 0) is 23.2 Å². The summed E-state index contributed by atoms with van der Waals surface area (Å²) >= 11 is 0. The van der Waals surface area contributed by atoms with Crippen LogP contribution in [0, 0.1) is 0 Å². The molecule has 176 valence electrons. The molecule has 6 rings (SSSR count). The van der Waals surface area contributed by atoms with Gasteiger partial charge in [0, 0.05) is 16.8 Å². The number of hydrogen-bond acceptors (Lipinski definition) is 4. The molecule has 0 aromatic heterocycles. The molecule has 5 nitrogen and oxygen atoms in total. The summed E-state index contributed by atoms with van der Waals surface area (Å²) < 4.78 is 0. The van der Waals surface area contributed by atoms with E-state index in [2.05, 4.69) is 0 Å². The SMILES string of the molecule is O=C1c2ccccc2C(=O)C1(O)[C@@]1(Cc2ccccc2)C(=O)N(Cc2ccccc2)c2ccccc21. The Hall–Kier alpha value is -4.35. The average Bonchev–Trinajstić information content (AvgIpc) is 3.28. The van der Waals surface area contributed by atoms with Crippen molar-refractivity contribution in [2.45, 2.75) is 24.0 Å². The molecular formula is C31H23NO4. The molecule has 0 radical (unpaired) electrons. The van der Waals surface area contributed by atoms with E-state index in [4.69, 9.17) is 0 Å². The van der Waals surface area contributed by atoms with Crippen LogP contribution in [0.5, 0.6) is 0 Å². The third-order valence-corrected chi connectivity index (χ3v) is 7.45. The molecular weight excluding hydrogens is 450 g/mol. The summed E-state index contributed by atoms with van der Waals surface area (Å²) in [5, 5.41) is 12.3. The van der Waals surface area contributed by atoms with Gasteiger partial charge in [-0.1, -0.05) is 103 Å². The first-order chi connectivity index (χ1) is 17.5. The molecule has 2 aliphatic rings. The highest BCUT2D eigenvalue weighted by atomic mass is 16.3. The minimum Gasteiger partial charge on any atom is -0.373 e. The van der Waals surface area contributed by atoms with Gasteiger partial charge in [0.1, 0.15) is 5.41 Å². The number of hydrogen-bond donors (Lipinski definition) is 1. The number of rotatable bonds is 5. The van der Waals surface area contributed by atoms with Crippen LogP contribution in [0.1, 0.15) is 37.4 Å². The van der Waals surface area contributed by atoms with Gasteiger partial charge < -0.3 is 10.0 Å². The summed E-state index contributed by atoms with van der Waals surface area (Å²) in [6.07, 6.45) is -0.00303. The number of nitrogens with zero attached hydrogens (tertiary/aromatic N) is 1. The predicted molar refractivity (Wildman–Crippen MR) is 136 cm³/mol. The predicted octanol–water partition coefficient (Wildman–Crippen LogP) is 4.52. The van der Waals surface area contributed by atoms with E-state index in [1.54, 1.807) is 29.2 Å². The number of aliphatic hydroxyl groups is 1. The van der Waals surface area contributed by atoms with E-state index in [-0.39, 0.29) is 24.1 Å². The Bertz CT molecular complexity index is 1480. The first kappa shape index (κ1) is 22.1. The highest BCUT2D eigenvalue weighted by Gasteiger charge is 2.71. The van der Waals surface area contributed by atoms with E-state index >= 15 is 0 Å². The molecule has 0 spiro atoms. The van der Waals surface area contributed by atoms with Gasteiger partial charge in [0.05, 0.1) is 6.54 Å². The number of carbonyl (C=O) groups is 3. The van der Waals surface area contributed by atoms with Crippen LogP contribution in [0.4, 0.5) is 5.69 Å². The van der Waals surface area contributed by atoms with E-state index in [0.717, 1.165) is 11.1 Å². The standard InChI is InChI=1S/C31H23NO4/c33-27-23-15-7-8-16-24(23)28(34)31(27,36)30(19-21-11-3-1-4-12-21)25-17-9-10-18-26(25)32(29(30)35)20-22-13-5-2-6-14-22/h1-18,36H,19-20H2/t30-/m1/s1. The van der Waals surface area contributed by atoms with Gasteiger partial charge >= 0.3 is 0 Å². The van der Waals surface area contributed by atoms with Crippen LogP contribution < -0.4 is 4.90 Å². The molecule has 0 saturated heterocycles. The maximum Gasteiger partial charge on any atom is 0.242 e. The number of Topliss-reactive ketones (excluding diaryl/α,β-unsaturated/α-hetero) is 2. The van der Waals surface area contributed by atoms with Crippen molar-refractivity contribution in [1.29, 1.82) is 0 Å². The summed E-state index contributed by atoms with van der Waals surface area (Å²) in [4.78, 5) is 44.0. The number of benzene rings is 4. The summed E-state index contributed by atoms with van der Waals surface area (Å²) in [7, 11) is 0. The van der Waals surface area contributed by atoms with Gasteiger partial charge in [0.2, 0.25) is 23.1 Å². The van der Waals surface area contributed by atoms with Gasteiger partial charge in [-0.3, -0.25) is 14.4 Å². The fourth-order valence-electron chi connectivity index (χ4n) is 5.76. The van der Waals surface area contributed by atoms with Crippen molar-refractivity contribution in [3.05, 3.63) is 137 Å². The maximum absolute atomic E-state index is 14.6. The molecule has 36 heavy (non-hydrogen) atoms. The maximum atomic E-state index is 14.6. The van der Waals surface area contributed by atoms with Crippen LogP contribution >= 0.6 is 0 Å². The Morgan fingerprint density at radius 3 is 1.72 bits per heavy atom. The molecule has 1 aliphatic heterocycles. The number of para-hydroxylation sites is 1. The van der Waals surface area contributed by atoms with Gasteiger partial charge in [0.25, 0.3) is 0 Å². The first-order valence-corrected chi connectivity index (χ1v) is 11.9.